The number of para-hydroxylation sites is 1. The van der Waals surface area contributed by atoms with Crippen LogP contribution in [0.25, 0.3) is 5.57 Å². The third kappa shape index (κ3) is 1.89. The number of rotatable bonds is 2. The first-order chi connectivity index (χ1) is 9.16. The Hall–Kier alpha value is -2.56. The highest BCUT2D eigenvalue weighted by Crippen LogP contribution is 2.31. The Bertz CT molecular complexity index is 686. The monoisotopic (exact) mass is 255 g/mol. The van der Waals surface area contributed by atoms with E-state index in [1.54, 1.807) is 6.20 Å². The molecule has 1 aromatic carbocycles. The molecule has 0 fully saturated rings. The maximum Gasteiger partial charge on any atom is 0.257 e. The van der Waals surface area contributed by atoms with Gasteiger partial charge in [-0.3, -0.25) is 4.79 Å². The summed E-state index contributed by atoms with van der Waals surface area (Å²) in [7, 11) is 0. The lowest BCUT2D eigenvalue weighted by molar-refractivity contribution is -0.110. The largest absolute Gasteiger partial charge is 0.338 e. The quantitative estimate of drug-likeness (QED) is 0.810. The van der Waals surface area contributed by atoms with Gasteiger partial charge in [-0.2, -0.15) is 0 Å². The molecule has 1 aromatic heterocycles. The van der Waals surface area contributed by atoms with Crippen LogP contribution in [0.15, 0.2) is 35.0 Å². The van der Waals surface area contributed by atoms with E-state index in [1.807, 2.05) is 38.1 Å². The normalized spacial score (nSPS) is 15.5. The second-order valence-electron chi connectivity index (χ2n) is 4.42. The van der Waals surface area contributed by atoms with Crippen LogP contribution in [-0.4, -0.2) is 11.1 Å². The van der Waals surface area contributed by atoms with Gasteiger partial charge in [-0.05, 0) is 19.9 Å². The Morgan fingerprint density at radius 3 is 2.84 bits per heavy atom. The second kappa shape index (κ2) is 4.28. The number of carbonyl (C=O) groups excluding carboxylic acids is 1. The van der Waals surface area contributed by atoms with Gasteiger partial charge < -0.3 is 15.2 Å². The standard InChI is InChI=1S/C14H13N3O2/c1-8-9(2)17-19-14(8)15-7-11-10-5-3-4-6-12(10)16-13(11)18/h3-7,15H,1-2H3,(H,16,18)/b11-7-. The number of amides is 1. The van der Waals surface area contributed by atoms with E-state index in [-0.39, 0.29) is 5.91 Å². The van der Waals surface area contributed by atoms with E-state index in [9.17, 15) is 4.79 Å². The predicted molar refractivity (Wildman–Crippen MR) is 72.6 cm³/mol. The average Bonchev–Trinajstić information content (AvgIpc) is 2.89. The molecule has 2 aromatic rings. The molecule has 0 bridgehead atoms. The maximum atomic E-state index is 11.9. The summed E-state index contributed by atoms with van der Waals surface area (Å²) in [6.07, 6.45) is 1.65. The molecule has 0 saturated carbocycles. The summed E-state index contributed by atoms with van der Waals surface area (Å²) in [4.78, 5) is 11.9. The maximum absolute atomic E-state index is 11.9. The van der Waals surface area contributed by atoms with Crippen molar-refractivity contribution in [3.63, 3.8) is 0 Å². The topological polar surface area (TPSA) is 67.2 Å². The Balaban J connectivity index is 1.92. The number of nitrogens with one attached hydrogen (secondary N) is 2. The van der Waals surface area contributed by atoms with E-state index in [4.69, 9.17) is 4.52 Å². The van der Waals surface area contributed by atoms with Gasteiger partial charge in [0.25, 0.3) is 5.91 Å². The molecule has 0 aliphatic carbocycles. The SMILES string of the molecule is Cc1noc(N/C=C2\C(=O)Nc3ccccc32)c1C. The van der Waals surface area contributed by atoms with Gasteiger partial charge in [-0.25, -0.2) is 0 Å². The minimum absolute atomic E-state index is 0.123. The molecule has 5 heteroatoms. The van der Waals surface area contributed by atoms with Crippen LogP contribution in [0, 0.1) is 13.8 Å². The fourth-order valence-electron chi connectivity index (χ4n) is 1.97. The van der Waals surface area contributed by atoms with E-state index >= 15 is 0 Å². The van der Waals surface area contributed by atoms with Gasteiger partial charge in [-0.1, -0.05) is 23.4 Å². The number of aryl methyl sites for hydroxylation is 1. The zero-order valence-corrected chi connectivity index (χ0v) is 10.7. The van der Waals surface area contributed by atoms with Crippen molar-refractivity contribution < 1.29 is 9.32 Å². The summed E-state index contributed by atoms with van der Waals surface area (Å²) < 4.78 is 5.14. The van der Waals surface area contributed by atoms with Crippen LogP contribution in [-0.2, 0) is 4.79 Å². The highest BCUT2D eigenvalue weighted by Gasteiger charge is 2.23. The number of hydrogen-bond acceptors (Lipinski definition) is 4. The molecule has 2 heterocycles. The molecule has 1 aliphatic heterocycles. The second-order valence-corrected chi connectivity index (χ2v) is 4.42. The number of fused-ring (bicyclic) bond motifs is 1. The lowest BCUT2D eigenvalue weighted by Crippen LogP contribution is -2.05. The van der Waals surface area contributed by atoms with Gasteiger partial charge in [0.05, 0.1) is 11.3 Å². The molecule has 1 amide bonds. The highest BCUT2D eigenvalue weighted by atomic mass is 16.5. The lowest BCUT2D eigenvalue weighted by Gasteiger charge is -1.99. The van der Waals surface area contributed by atoms with Crippen molar-refractivity contribution in [2.75, 3.05) is 10.6 Å². The lowest BCUT2D eigenvalue weighted by atomic mass is 10.1. The summed E-state index contributed by atoms with van der Waals surface area (Å²) in [5.74, 6) is 0.435. The number of aromatic nitrogens is 1. The van der Waals surface area contributed by atoms with Gasteiger partial charge in [-0.15, -0.1) is 0 Å². The third-order valence-corrected chi connectivity index (χ3v) is 3.21. The van der Waals surface area contributed by atoms with Crippen LogP contribution >= 0.6 is 0 Å². The van der Waals surface area contributed by atoms with Crippen molar-refractivity contribution in [1.82, 2.24) is 5.16 Å². The smallest absolute Gasteiger partial charge is 0.257 e. The number of anilines is 2. The van der Waals surface area contributed by atoms with Crippen LogP contribution < -0.4 is 10.6 Å². The fourth-order valence-corrected chi connectivity index (χ4v) is 1.97. The molecule has 0 unspecified atom stereocenters. The Labute approximate surface area is 110 Å². The van der Waals surface area contributed by atoms with Crippen LogP contribution in [0.2, 0.25) is 0 Å². The molecule has 2 N–H and O–H groups in total. The first-order valence-corrected chi connectivity index (χ1v) is 5.97. The molecular formula is C14H13N3O2. The molecule has 1 aliphatic rings. The highest BCUT2D eigenvalue weighted by molar-refractivity contribution is 6.31. The van der Waals surface area contributed by atoms with Crippen molar-refractivity contribution in [3.8, 4) is 0 Å². The molecule has 19 heavy (non-hydrogen) atoms. The van der Waals surface area contributed by atoms with Crippen LogP contribution in [0.4, 0.5) is 11.6 Å². The van der Waals surface area contributed by atoms with Crippen LogP contribution in [0.5, 0.6) is 0 Å². The molecule has 0 saturated heterocycles. The minimum Gasteiger partial charge on any atom is -0.338 e. The van der Waals surface area contributed by atoms with Gasteiger partial charge >= 0.3 is 0 Å². The van der Waals surface area contributed by atoms with E-state index < -0.39 is 0 Å². The zero-order chi connectivity index (χ0) is 13.4. The Morgan fingerprint density at radius 1 is 1.32 bits per heavy atom. The summed E-state index contributed by atoms with van der Waals surface area (Å²) in [6.45, 7) is 3.78. The molecule has 5 nitrogen and oxygen atoms in total. The summed E-state index contributed by atoms with van der Waals surface area (Å²) in [5, 5.41) is 9.66. The number of nitrogens with zero attached hydrogens (tertiary/aromatic N) is 1. The van der Waals surface area contributed by atoms with Crippen molar-refractivity contribution in [2.45, 2.75) is 13.8 Å². The van der Waals surface area contributed by atoms with E-state index in [1.165, 1.54) is 0 Å². The number of carbonyl (C=O) groups is 1. The molecule has 3 rings (SSSR count). The first-order valence-electron chi connectivity index (χ1n) is 5.97. The number of hydrogen-bond donors (Lipinski definition) is 2. The van der Waals surface area contributed by atoms with Crippen LogP contribution in [0.3, 0.4) is 0 Å². The molecule has 96 valence electrons. The molecular weight excluding hydrogens is 242 g/mol. The minimum atomic E-state index is -0.123. The van der Waals surface area contributed by atoms with Crippen molar-refractivity contribution >= 4 is 23.1 Å². The summed E-state index contributed by atoms with van der Waals surface area (Å²) in [6, 6.07) is 7.56. The number of benzene rings is 1. The molecule has 0 spiro atoms. The zero-order valence-electron chi connectivity index (χ0n) is 10.7. The van der Waals surface area contributed by atoms with E-state index in [0.29, 0.717) is 11.5 Å². The summed E-state index contributed by atoms with van der Waals surface area (Å²) in [5.41, 5.74) is 4.06. The first kappa shape index (κ1) is 11.5. The summed E-state index contributed by atoms with van der Waals surface area (Å²) >= 11 is 0. The van der Waals surface area contributed by atoms with Gasteiger partial charge in [0.15, 0.2) is 0 Å². The fraction of sp³-hybridized carbons (Fsp3) is 0.143. The Morgan fingerprint density at radius 2 is 2.11 bits per heavy atom. The van der Waals surface area contributed by atoms with Gasteiger partial charge in [0.2, 0.25) is 5.88 Å². The van der Waals surface area contributed by atoms with E-state index in [0.717, 1.165) is 22.5 Å². The van der Waals surface area contributed by atoms with Crippen LogP contribution in [0.1, 0.15) is 16.8 Å². The van der Waals surface area contributed by atoms with Gasteiger partial charge in [0, 0.05) is 23.0 Å². The van der Waals surface area contributed by atoms with Crippen molar-refractivity contribution in [1.29, 1.82) is 0 Å². The van der Waals surface area contributed by atoms with Gasteiger partial charge in [0.1, 0.15) is 0 Å². The van der Waals surface area contributed by atoms with Crippen molar-refractivity contribution in [2.24, 2.45) is 0 Å². The predicted octanol–water partition coefficient (Wildman–Crippen LogP) is 2.70. The Kier molecular flexibility index (Phi) is 2.59. The van der Waals surface area contributed by atoms with Crippen molar-refractivity contribution in [3.05, 3.63) is 47.3 Å². The average molecular weight is 255 g/mol. The molecule has 0 radical (unpaired) electrons. The third-order valence-electron chi connectivity index (χ3n) is 3.21. The van der Waals surface area contributed by atoms with E-state index in [2.05, 4.69) is 15.8 Å². The molecule has 0 atom stereocenters.